The van der Waals surface area contributed by atoms with Gasteiger partial charge in [-0.3, -0.25) is 10.3 Å². The minimum atomic E-state index is 0.661. The largest absolute Gasteiger partial charge is 0.272 e. The van der Waals surface area contributed by atoms with Crippen molar-refractivity contribution in [2.45, 2.75) is 6.42 Å². The first-order chi connectivity index (χ1) is 5.35. The van der Waals surface area contributed by atoms with Crippen molar-refractivity contribution in [3.8, 4) is 6.19 Å². The van der Waals surface area contributed by atoms with Crippen LogP contribution in [-0.2, 0) is 0 Å². The minimum absolute atomic E-state index is 0.661. The molecule has 3 nitrogen and oxygen atoms in total. The average molecular weight is 169 g/mol. The fourth-order valence-corrected chi connectivity index (χ4v) is 0.828. The summed E-state index contributed by atoms with van der Waals surface area (Å²) in [5.74, 6) is 0. The van der Waals surface area contributed by atoms with Gasteiger partial charge >= 0.3 is 0 Å². The zero-order valence-corrected chi connectivity index (χ0v) is 7.32. The topological polar surface area (TPSA) is 48.2 Å². The van der Waals surface area contributed by atoms with Gasteiger partial charge in [-0.15, -0.1) is 6.58 Å². The quantitative estimate of drug-likeness (QED) is 0.173. The highest BCUT2D eigenvalue weighted by atomic mass is 32.2. The molecule has 0 fully saturated rings. The van der Waals surface area contributed by atoms with Crippen molar-refractivity contribution in [2.24, 2.45) is 4.99 Å². The summed E-state index contributed by atoms with van der Waals surface area (Å²) >= 11 is 1.43. The van der Waals surface area contributed by atoms with Crippen LogP contribution in [0.1, 0.15) is 6.42 Å². The van der Waals surface area contributed by atoms with Crippen LogP contribution in [0.5, 0.6) is 0 Å². The van der Waals surface area contributed by atoms with Crippen molar-refractivity contribution >= 4 is 16.9 Å². The van der Waals surface area contributed by atoms with E-state index in [2.05, 4.69) is 16.9 Å². The molecule has 11 heavy (non-hydrogen) atoms. The van der Waals surface area contributed by atoms with Crippen LogP contribution in [0.3, 0.4) is 0 Å². The maximum absolute atomic E-state index is 8.25. The molecule has 0 aliphatic heterocycles. The molecule has 60 valence electrons. The second-order valence-corrected chi connectivity index (χ2v) is 2.50. The Balaban J connectivity index is 3.72. The van der Waals surface area contributed by atoms with Gasteiger partial charge in [0.1, 0.15) is 0 Å². The zero-order chi connectivity index (χ0) is 8.53. The molecule has 0 rings (SSSR count). The molecule has 0 bridgehead atoms. The first-order valence-electron chi connectivity index (χ1n) is 3.19. The van der Waals surface area contributed by atoms with E-state index in [-0.39, 0.29) is 0 Å². The van der Waals surface area contributed by atoms with E-state index in [1.807, 2.05) is 12.4 Å². The fraction of sp³-hybridized carbons (Fsp3) is 0.429. The molecule has 0 aromatic carbocycles. The van der Waals surface area contributed by atoms with Crippen molar-refractivity contribution < 1.29 is 0 Å². The van der Waals surface area contributed by atoms with Crippen molar-refractivity contribution in [2.75, 3.05) is 12.8 Å². The van der Waals surface area contributed by atoms with E-state index in [4.69, 9.17) is 5.26 Å². The molecular weight excluding hydrogens is 158 g/mol. The number of hydrogen-bond donors (Lipinski definition) is 1. The highest BCUT2D eigenvalue weighted by molar-refractivity contribution is 8.13. The Bertz CT molecular complexity index is 181. The van der Waals surface area contributed by atoms with Crippen molar-refractivity contribution in [3.63, 3.8) is 0 Å². The highest BCUT2D eigenvalue weighted by Crippen LogP contribution is 1.94. The molecule has 0 atom stereocenters. The first kappa shape index (κ1) is 10.0. The van der Waals surface area contributed by atoms with Gasteiger partial charge < -0.3 is 0 Å². The maximum atomic E-state index is 8.25. The van der Waals surface area contributed by atoms with Crippen LogP contribution in [0.4, 0.5) is 0 Å². The molecule has 0 saturated heterocycles. The normalized spacial score (nSPS) is 10.4. The van der Waals surface area contributed by atoms with E-state index < -0.39 is 0 Å². The monoisotopic (exact) mass is 169 g/mol. The third kappa shape index (κ3) is 5.49. The molecule has 0 aromatic heterocycles. The van der Waals surface area contributed by atoms with Crippen LogP contribution in [0.15, 0.2) is 17.6 Å². The summed E-state index contributed by atoms with van der Waals surface area (Å²) in [4.78, 5) is 4.10. The number of nitrogens with one attached hydrogen (secondary N) is 1. The molecule has 4 heteroatoms. The summed E-state index contributed by atoms with van der Waals surface area (Å²) in [5.41, 5.74) is 0. The smallest absolute Gasteiger partial charge is 0.183 e. The number of rotatable bonds is 3. The third-order valence-electron chi connectivity index (χ3n) is 0.945. The van der Waals surface area contributed by atoms with E-state index >= 15 is 0 Å². The van der Waals surface area contributed by atoms with Gasteiger partial charge in [0.15, 0.2) is 11.4 Å². The van der Waals surface area contributed by atoms with Crippen LogP contribution in [-0.4, -0.2) is 18.0 Å². The summed E-state index contributed by atoms with van der Waals surface area (Å²) < 4.78 is 0. The summed E-state index contributed by atoms with van der Waals surface area (Å²) in [7, 11) is 0. The number of amidine groups is 1. The van der Waals surface area contributed by atoms with Gasteiger partial charge in [0.05, 0.1) is 0 Å². The molecule has 0 aliphatic rings. The molecule has 0 radical (unpaired) electrons. The standard InChI is InChI=1S/C7H11N3S/c1-3-4-5-9-7(11-2)10-6-8/h3H,1,4-5H2,2H3,(H,9,10). The van der Waals surface area contributed by atoms with Crippen molar-refractivity contribution in [3.05, 3.63) is 12.7 Å². The van der Waals surface area contributed by atoms with Gasteiger partial charge in [0.25, 0.3) is 0 Å². The Labute approximate surface area is 71.2 Å². The van der Waals surface area contributed by atoms with Gasteiger partial charge in [-0.05, 0) is 12.7 Å². The lowest BCUT2D eigenvalue weighted by atomic mass is 10.4. The molecule has 0 amide bonds. The van der Waals surface area contributed by atoms with Crippen molar-refractivity contribution in [1.82, 2.24) is 5.32 Å². The van der Waals surface area contributed by atoms with E-state index in [0.717, 1.165) is 6.42 Å². The Morgan fingerprint density at radius 3 is 3.09 bits per heavy atom. The molecule has 0 saturated carbocycles. The lowest BCUT2D eigenvalue weighted by Crippen LogP contribution is -2.13. The Morgan fingerprint density at radius 2 is 2.64 bits per heavy atom. The van der Waals surface area contributed by atoms with E-state index in [0.29, 0.717) is 11.7 Å². The predicted octanol–water partition coefficient (Wildman–Crippen LogP) is 1.35. The Morgan fingerprint density at radius 1 is 1.91 bits per heavy atom. The van der Waals surface area contributed by atoms with Crippen LogP contribution < -0.4 is 5.32 Å². The molecule has 0 aromatic rings. The van der Waals surface area contributed by atoms with Gasteiger partial charge in [0.2, 0.25) is 0 Å². The SMILES string of the molecule is C=CCCN=C(NC#N)SC. The molecule has 0 unspecified atom stereocenters. The first-order valence-corrected chi connectivity index (χ1v) is 4.42. The summed E-state index contributed by atoms with van der Waals surface area (Å²) in [6.07, 6.45) is 6.33. The second-order valence-electron chi connectivity index (χ2n) is 1.71. The van der Waals surface area contributed by atoms with Gasteiger partial charge in [-0.1, -0.05) is 17.8 Å². The number of nitrogens with zero attached hydrogens (tertiary/aromatic N) is 2. The molecule has 0 aliphatic carbocycles. The fourth-order valence-electron chi connectivity index (χ4n) is 0.460. The molecular formula is C7H11N3S. The molecule has 0 heterocycles. The average Bonchev–Trinajstić information content (AvgIpc) is 2.03. The lowest BCUT2D eigenvalue weighted by molar-refractivity contribution is 1.00. The zero-order valence-electron chi connectivity index (χ0n) is 6.50. The van der Waals surface area contributed by atoms with Crippen molar-refractivity contribution in [1.29, 1.82) is 5.26 Å². The maximum Gasteiger partial charge on any atom is 0.183 e. The highest BCUT2D eigenvalue weighted by Gasteiger charge is 1.91. The van der Waals surface area contributed by atoms with Gasteiger partial charge in [-0.2, -0.15) is 5.26 Å². The summed E-state index contributed by atoms with van der Waals surface area (Å²) in [6, 6.07) is 0. The number of nitriles is 1. The van der Waals surface area contributed by atoms with Crippen LogP contribution >= 0.6 is 11.8 Å². The second kappa shape index (κ2) is 7.16. The van der Waals surface area contributed by atoms with Gasteiger partial charge in [0, 0.05) is 6.54 Å². The number of aliphatic imine (C=N–C) groups is 1. The predicted molar refractivity (Wildman–Crippen MR) is 49.4 cm³/mol. The van der Waals surface area contributed by atoms with E-state index in [1.165, 1.54) is 11.8 Å². The van der Waals surface area contributed by atoms with Gasteiger partial charge in [-0.25, -0.2) is 0 Å². The number of hydrogen-bond acceptors (Lipinski definition) is 3. The molecule has 1 N–H and O–H groups in total. The molecule has 0 spiro atoms. The van der Waals surface area contributed by atoms with E-state index in [9.17, 15) is 0 Å². The van der Waals surface area contributed by atoms with E-state index in [1.54, 1.807) is 6.08 Å². The lowest BCUT2D eigenvalue weighted by Gasteiger charge is -1.96. The van der Waals surface area contributed by atoms with Crippen LogP contribution in [0.2, 0.25) is 0 Å². The summed E-state index contributed by atoms with van der Waals surface area (Å²) in [5, 5.41) is 11.4. The Kier molecular flexibility index (Phi) is 6.54. The number of thioether (sulfide) groups is 1. The van der Waals surface area contributed by atoms with Crippen LogP contribution in [0, 0.1) is 11.5 Å². The van der Waals surface area contributed by atoms with Crippen LogP contribution in [0.25, 0.3) is 0 Å². The third-order valence-corrected chi connectivity index (χ3v) is 1.56. The minimum Gasteiger partial charge on any atom is -0.272 e. The Hall–Kier alpha value is -0.950. The summed E-state index contributed by atoms with van der Waals surface area (Å²) in [6.45, 7) is 4.26.